The third kappa shape index (κ3) is 5.47. The summed E-state index contributed by atoms with van der Waals surface area (Å²) in [5.41, 5.74) is 0. The van der Waals surface area contributed by atoms with Crippen LogP contribution in [0.25, 0.3) is 0 Å². The molecule has 1 aromatic rings. The van der Waals surface area contributed by atoms with Gasteiger partial charge in [-0.25, -0.2) is 0 Å². The Labute approximate surface area is 134 Å². The Morgan fingerprint density at radius 2 is 2.14 bits per heavy atom. The number of amides is 1. The van der Waals surface area contributed by atoms with Crippen LogP contribution in [0.1, 0.15) is 46.0 Å². The number of thioether (sulfide) groups is 1. The van der Waals surface area contributed by atoms with Gasteiger partial charge in [0.25, 0.3) is 0 Å². The minimum atomic E-state index is -0.129. The van der Waals surface area contributed by atoms with Gasteiger partial charge < -0.3 is 10.6 Å². The lowest BCUT2D eigenvalue weighted by Gasteiger charge is -2.22. The van der Waals surface area contributed by atoms with E-state index < -0.39 is 0 Å². The number of hydrogen-bond acceptors (Lipinski definition) is 6. The largest absolute Gasteiger partial charge is 0.360 e. The highest BCUT2D eigenvalue weighted by Crippen LogP contribution is 2.29. The summed E-state index contributed by atoms with van der Waals surface area (Å²) in [4.78, 5) is 12.1. The predicted octanol–water partition coefficient (Wildman–Crippen LogP) is 3.15. The molecule has 1 unspecified atom stereocenters. The molecule has 1 atom stereocenters. The summed E-state index contributed by atoms with van der Waals surface area (Å²) in [5.74, 6) is 0.771. The molecule has 1 aromatic heterocycles. The fourth-order valence-corrected chi connectivity index (χ4v) is 4.45. The van der Waals surface area contributed by atoms with E-state index in [-0.39, 0.29) is 11.2 Å². The lowest BCUT2D eigenvalue weighted by molar-refractivity contribution is -0.120. The first kappa shape index (κ1) is 16.5. The Bertz CT molecular complexity index is 446. The molecule has 1 aliphatic carbocycles. The van der Waals surface area contributed by atoms with Crippen LogP contribution >= 0.6 is 23.1 Å². The lowest BCUT2D eigenvalue weighted by Crippen LogP contribution is -2.35. The van der Waals surface area contributed by atoms with Crippen molar-refractivity contribution in [1.29, 1.82) is 0 Å². The average molecular weight is 329 g/mol. The monoisotopic (exact) mass is 328 g/mol. The van der Waals surface area contributed by atoms with E-state index in [1.54, 1.807) is 0 Å². The number of nitrogens with zero attached hydrogens (tertiary/aromatic N) is 2. The zero-order chi connectivity index (χ0) is 15.1. The second-order valence-corrected chi connectivity index (χ2v) is 7.98. The molecule has 0 spiro atoms. The maximum absolute atomic E-state index is 12.1. The maximum Gasteiger partial charge on any atom is 0.233 e. The standard InChI is InChI=1S/C14H24N4OS2/c1-3-15-13-17-18-14(21-13)20-10(2)12(19)16-9-11-7-5-4-6-8-11/h10-11H,3-9H2,1-2H3,(H,15,17)(H,16,19). The third-order valence-electron chi connectivity index (χ3n) is 3.67. The summed E-state index contributed by atoms with van der Waals surface area (Å²) in [5, 5.41) is 15.0. The van der Waals surface area contributed by atoms with Crippen LogP contribution in [-0.4, -0.2) is 34.4 Å². The highest BCUT2D eigenvalue weighted by Gasteiger charge is 2.19. The van der Waals surface area contributed by atoms with Crippen LogP contribution in [0, 0.1) is 5.92 Å². The Balaban J connectivity index is 1.73. The SMILES string of the molecule is CCNc1nnc(SC(C)C(=O)NCC2CCCCC2)s1. The van der Waals surface area contributed by atoms with Gasteiger partial charge in [-0.2, -0.15) is 0 Å². The van der Waals surface area contributed by atoms with Crippen molar-refractivity contribution >= 4 is 34.1 Å². The van der Waals surface area contributed by atoms with Crippen LogP contribution in [-0.2, 0) is 4.79 Å². The normalized spacial score (nSPS) is 17.4. The molecule has 0 radical (unpaired) electrons. The Morgan fingerprint density at radius 1 is 1.38 bits per heavy atom. The first-order valence-electron chi connectivity index (χ1n) is 7.70. The van der Waals surface area contributed by atoms with E-state index in [2.05, 4.69) is 20.8 Å². The van der Waals surface area contributed by atoms with Gasteiger partial charge in [0.05, 0.1) is 5.25 Å². The highest BCUT2D eigenvalue weighted by molar-refractivity contribution is 8.02. The van der Waals surface area contributed by atoms with Crippen molar-refractivity contribution in [3.63, 3.8) is 0 Å². The molecule has 1 aliphatic rings. The highest BCUT2D eigenvalue weighted by atomic mass is 32.2. The predicted molar refractivity (Wildman–Crippen MR) is 89.0 cm³/mol. The van der Waals surface area contributed by atoms with E-state index >= 15 is 0 Å². The summed E-state index contributed by atoms with van der Waals surface area (Å²) in [6, 6.07) is 0. The molecular weight excluding hydrogens is 304 g/mol. The summed E-state index contributed by atoms with van der Waals surface area (Å²) >= 11 is 2.98. The van der Waals surface area contributed by atoms with Crippen molar-refractivity contribution in [2.45, 2.75) is 55.5 Å². The van der Waals surface area contributed by atoms with E-state index in [0.717, 1.165) is 22.6 Å². The quantitative estimate of drug-likeness (QED) is 0.753. The number of aromatic nitrogens is 2. The molecule has 0 saturated heterocycles. The molecule has 0 aliphatic heterocycles. The summed E-state index contributed by atoms with van der Waals surface area (Å²) in [6.45, 7) is 5.60. The van der Waals surface area contributed by atoms with Crippen molar-refractivity contribution in [3.8, 4) is 0 Å². The summed E-state index contributed by atoms with van der Waals surface area (Å²) in [6.07, 6.45) is 6.47. The minimum Gasteiger partial charge on any atom is -0.360 e. The second-order valence-electron chi connectivity index (χ2n) is 5.41. The van der Waals surface area contributed by atoms with Crippen LogP contribution < -0.4 is 10.6 Å². The number of rotatable bonds is 7. The molecule has 0 aromatic carbocycles. The number of carbonyl (C=O) groups excluding carboxylic acids is 1. The van der Waals surface area contributed by atoms with E-state index in [1.165, 1.54) is 55.2 Å². The van der Waals surface area contributed by atoms with E-state index in [9.17, 15) is 4.79 Å². The number of hydrogen-bond donors (Lipinski definition) is 2. The molecule has 2 rings (SSSR count). The topological polar surface area (TPSA) is 66.9 Å². The van der Waals surface area contributed by atoms with Crippen LogP contribution in [0.15, 0.2) is 4.34 Å². The van der Waals surface area contributed by atoms with Gasteiger partial charge in [0.1, 0.15) is 0 Å². The lowest BCUT2D eigenvalue weighted by atomic mass is 9.89. The molecule has 0 bridgehead atoms. The fraction of sp³-hybridized carbons (Fsp3) is 0.786. The Hall–Kier alpha value is -0.820. The van der Waals surface area contributed by atoms with Crippen molar-refractivity contribution < 1.29 is 4.79 Å². The van der Waals surface area contributed by atoms with Crippen molar-refractivity contribution in [3.05, 3.63) is 0 Å². The van der Waals surface area contributed by atoms with E-state index in [1.807, 2.05) is 13.8 Å². The fourth-order valence-electron chi connectivity index (χ4n) is 2.46. The smallest absolute Gasteiger partial charge is 0.233 e. The molecule has 1 fully saturated rings. The molecule has 1 amide bonds. The molecule has 21 heavy (non-hydrogen) atoms. The molecular formula is C14H24N4OS2. The Kier molecular flexibility index (Phi) is 6.76. The van der Waals surface area contributed by atoms with Crippen molar-refractivity contribution in [2.24, 2.45) is 5.92 Å². The van der Waals surface area contributed by atoms with Gasteiger partial charge in [0.15, 0.2) is 4.34 Å². The number of nitrogens with one attached hydrogen (secondary N) is 2. The average Bonchev–Trinajstić information content (AvgIpc) is 2.93. The Morgan fingerprint density at radius 3 is 2.86 bits per heavy atom. The van der Waals surface area contributed by atoms with Gasteiger partial charge in [-0.1, -0.05) is 42.4 Å². The van der Waals surface area contributed by atoms with Crippen LogP contribution in [0.3, 0.4) is 0 Å². The first-order chi connectivity index (χ1) is 10.2. The molecule has 118 valence electrons. The van der Waals surface area contributed by atoms with Crippen LogP contribution in [0.5, 0.6) is 0 Å². The molecule has 7 heteroatoms. The summed E-state index contributed by atoms with van der Waals surface area (Å²) < 4.78 is 0.839. The van der Waals surface area contributed by atoms with Crippen molar-refractivity contribution in [2.75, 3.05) is 18.4 Å². The molecule has 2 N–H and O–H groups in total. The van der Waals surface area contributed by atoms with Crippen LogP contribution in [0.4, 0.5) is 5.13 Å². The first-order valence-corrected chi connectivity index (χ1v) is 9.40. The van der Waals surface area contributed by atoms with Gasteiger partial charge >= 0.3 is 0 Å². The summed E-state index contributed by atoms with van der Waals surface area (Å²) in [7, 11) is 0. The molecule has 5 nitrogen and oxygen atoms in total. The zero-order valence-corrected chi connectivity index (χ0v) is 14.4. The zero-order valence-electron chi connectivity index (χ0n) is 12.7. The van der Waals surface area contributed by atoms with Gasteiger partial charge in [-0.15, -0.1) is 10.2 Å². The van der Waals surface area contributed by atoms with Gasteiger partial charge in [0.2, 0.25) is 11.0 Å². The van der Waals surface area contributed by atoms with Gasteiger partial charge in [-0.3, -0.25) is 4.79 Å². The van der Waals surface area contributed by atoms with Crippen molar-refractivity contribution in [1.82, 2.24) is 15.5 Å². The van der Waals surface area contributed by atoms with Gasteiger partial charge in [-0.05, 0) is 32.6 Å². The molecule has 1 saturated carbocycles. The van der Waals surface area contributed by atoms with Crippen LogP contribution in [0.2, 0.25) is 0 Å². The van der Waals surface area contributed by atoms with E-state index in [4.69, 9.17) is 0 Å². The van der Waals surface area contributed by atoms with Gasteiger partial charge in [0, 0.05) is 13.1 Å². The number of carbonyl (C=O) groups is 1. The minimum absolute atomic E-state index is 0.103. The molecule has 1 heterocycles. The van der Waals surface area contributed by atoms with E-state index in [0.29, 0.717) is 5.92 Å². The maximum atomic E-state index is 12.1. The third-order valence-corrected chi connectivity index (χ3v) is 5.74. The number of anilines is 1. The second kappa shape index (κ2) is 8.58.